The second kappa shape index (κ2) is 8.56. The van der Waals surface area contributed by atoms with Gasteiger partial charge in [0.15, 0.2) is 0 Å². The van der Waals surface area contributed by atoms with Crippen LogP contribution in [0.5, 0.6) is 11.5 Å². The van der Waals surface area contributed by atoms with Crippen LogP contribution in [-0.2, 0) is 11.2 Å². The topological polar surface area (TPSA) is 47.6 Å². The van der Waals surface area contributed by atoms with Crippen molar-refractivity contribution in [3.63, 3.8) is 0 Å². The van der Waals surface area contributed by atoms with Crippen molar-refractivity contribution in [2.24, 2.45) is 0 Å². The minimum Gasteiger partial charge on any atom is -0.497 e. The monoisotopic (exact) mass is 341 g/mol. The maximum absolute atomic E-state index is 12.3. The highest BCUT2D eigenvalue weighted by Gasteiger charge is 2.15. The van der Waals surface area contributed by atoms with Gasteiger partial charge in [0.05, 0.1) is 20.3 Å². The number of hydrogen-bond acceptors (Lipinski definition) is 3. The van der Waals surface area contributed by atoms with Crippen LogP contribution in [0, 0.1) is 13.8 Å². The molecule has 0 saturated heterocycles. The Kier molecular flexibility index (Phi) is 6.45. The Bertz CT molecular complexity index is 740. The van der Waals surface area contributed by atoms with E-state index in [-0.39, 0.29) is 11.9 Å². The van der Waals surface area contributed by atoms with Gasteiger partial charge in [-0.1, -0.05) is 18.2 Å². The first-order valence-electron chi connectivity index (χ1n) is 8.52. The molecule has 0 heterocycles. The summed E-state index contributed by atoms with van der Waals surface area (Å²) in [5.41, 5.74) is 4.62. The Morgan fingerprint density at radius 2 is 1.80 bits per heavy atom. The van der Waals surface area contributed by atoms with E-state index >= 15 is 0 Å². The number of nitrogens with one attached hydrogen (secondary N) is 1. The van der Waals surface area contributed by atoms with Crippen LogP contribution in [0.1, 0.15) is 41.6 Å². The van der Waals surface area contributed by atoms with Gasteiger partial charge in [0, 0.05) is 12.0 Å². The molecule has 0 bridgehead atoms. The van der Waals surface area contributed by atoms with E-state index in [1.165, 1.54) is 16.7 Å². The highest BCUT2D eigenvalue weighted by Crippen LogP contribution is 2.29. The largest absolute Gasteiger partial charge is 0.497 e. The van der Waals surface area contributed by atoms with E-state index < -0.39 is 0 Å². The summed E-state index contributed by atoms with van der Waals surface area (Å²) in [6, 6.07) is 11.8. The number of ether oxygens (including phenoxy) is 2. The third-order valence-corrected chi connectivity index (χ3v) is 4.49. The Hall–Kier alpha value is -2.49. The summed E-state index contributed by atoms with van der Waals surface area (Å²) in [5, 5.41) is 3.04. The number of hydrogen-bond donors (Lipinski definition) is 1. The molecule has 0 aromatic heterocycles. The van der Waals surface area contributed by atoms with Gasteiger partial charge < -0.3 is 14.8 Å². The van der Waals surface area contributed by atoms with Gasteiger partial charge in [-0.3, -0.25) is 4.79 Å². The first-order valence-corrected chi connectivity index (χ1v) is 8.52. The molecule has 1 amide bonds. The summed E-state index contributed by atoms with van der Waals surface area (Å²) >= 11 is 0. The van der Waals surface area contributed by atoms with Crippen LogP contribution in [-0.4, -0.2) is 20.1 Å². The zero-order valence-electron chi connectivity index (χ0n) is 15.7. The van der Waals surface area contributed by atoms with Crippen LogP contribution >= 0.6 is 0 Å². The first-order chi connectivity index (χ1) is 11.9. The van der Waals surface area contributed by atoms with E-state index in [0.29, 0.717) is 6.42 Å². The van der Waals surface area contributed by atoms with Crippen molar-refractivity contribution in [3.05, 3.63) is 58.7 Å². The zero-order valence-corrected chi connectivity index (χ0v) is 15.7. The van der Waals surface area contributed by atoms with Crippen LogP contribution in [0.15, 0.2) is 36.4 Å². The molecule has 0 aliphatic carbocycles. The molecule has 0 fully saturated rings. The normalized spacial score (nSPS) is 11.7. The molecule has 2 aromatic rings. The van der Waals surface area contributed by atoms with Crippen LogP contribution in [0.2, 0.25) is 0 Å². The minimum absolute atomic E-state index is 0.0237. The molecule has 0 spiro atoms. The van der Waals surface area contributed by atoms with Crippen LogP contribution in [0.3, 0.4) is 0 Å². The average molecular weight is 341 g/mol. The van der Waals surface area contributed by atoms with E-state index in [2.05, 4.69) is 37.4 Å². The molecule has 0 aliphatic heterocycles. The molecule has 2 rings (SSSR count). The van der Waals surface area contributed by atoms with Gasteiger partial charge in [0.25, 0.3) is 0 Å². The van der Waals surface area contributed by atoms with Crippen molar-refractivity contribution in [2.75, 3.05) is 14.2 Å². The predicted molar refractivity (Wildman–Crippen MR) is 100 cm³/mol. The van der Waals surface area contributed by atoms with E-state index in [1.54, 1.807) is 14.2 Å². The smallest absolute Gasteiger partial charge is 0.220 e. The van der Waals surface area contributed by atoms with Gasteiger partial charge in [-0.2, -0.15) is 0 Å². The molecule has 2 aromatic carbocycles. The van der Waals surface area contributed by atoms with Gasteiger partial charge in [0.2, 0.25) is 5.91 Å². The Morgan fingerprint density at radius 1 is 1.04 bits per heavy atom. The predicted octanol–water partition coefficient (Wildman–Crippen LogP) is 4.13. The SMILES string of the molecule is COc1ccc(OC)c([C@H](C)NC(=O)CCc2ccc(C)c(C)c2)c1. The van der Waals surface area contributed by atoms with Crippen LogP contribution in [0.25, 0.3) is 0 Å². The zero-order chi connectivity index (χ0) is 18.4. The van der Waals surface area contributed by atoms with Gasteiger partial charge in [-0.15, -0.1) is 0 Å². The Balaban J connectivity index is 1.99. The quantitative estimate of drug-likeness (QED) is 0.824. The first kappa shape index (κ1) is 18.8. The van der Waals surface area contributed by atoms with E-state index in [4.69, 9.17) is 9.47 Å². The van der Waals surface area contributed by atoms with Crippen molar-refractivity contribution in [1.82, 2.24) is 5.32 Å². The van der Waals surface area contributed by atoms with Gasteiger partial charge in [0.1, 0.15) is 11.5 Å². The number of aryl methyl sites for hydroxylation is 3. The van der Waals surface area contributed by atoms with E-state index in [0.717, 1.165) is 23.5 Å². The third kappa shape index (κ3) is 4.99. The fraction of sp³-hybridized carbons (Fsp3) is 0.381. The van der Waals surface area contributed by atoms with Gasteiger partial charge >= 0.3 is 0 Å². The molecular formula is C21H27NO3. The molecular weight excluding hydrogens is 314 g/mol. The molecule has 4 heteroatoms. The second-order valence-electron chi connectivity index (χ2n) is 6.32. The van der Waals surface area contributed by atoms with Crippen molar-refractivity contribution >= 4 is 5.91 Å². The van der Waals surface area contributed by atoms with Crippen molar-refractivity contribution < 1.29 is 14.3 Å². The lowest BCUT2D eigenvalue weighted by molar-refractivity contribution is -0.121. The lowest BCUT2D eigenvalue weighted by Gasteiger charge is -2.18. The summed E-state index contributed by atoms with van der Waals surface area (Å²) in [6.07, 6.45) is 1.19. The number of amides is 1. The molecule has 1 N–H and O–H groups in total. The standard InChI is InChI=1S/C21H27NO3/c1-14-6-7-17(12-15(14)2)8-11-21(23)22-16(3)19-13-18(24-4)9-10-20(19)25-5/h6-7,9-10,12-13,16H,8,11H2,1-5H3,(H,22,23)/t16-/m0/s1. The fourth-order valence-corrected chi connectivity index (χ4v) is 2.79. The molecule has 4 nitrogen and oxygen atoms in total. The number of benzene rings is 2. The van der Waals surface area contributed by atoms with Crippen molar-refractivity contribution in [2.45, 2.75) is 39.7 Å². The fourth-order valence-electron chi connectivity index (χ4n) is 2.79. The lowest BCUT2D eigenvalue weighted by atomic mass is 10.0. The van der Waals surface area contributed by atoms with Gasteiger partial charge in [-0.25, -0.2) is 0 Å². The van der Waals surface area contributed by atoms with E-state index in [1.807, 2.05) is 25.1 Å². The Labute approximate surface area is 150 Å². The summed E-state index contributed by atoms with van der Waals surface area (Å²) in [7, 11) is 3.25. The number of rotatable bonds is 7. The summed E-state index contributed by atoms with van der Waals surface area (Å²) in [5.74, 6) is 1.50. The highest BCUT2D eigenvalue weighted by atomic mass is 16.5. The van der Waals surface area contributed by atoms with Crippen LogP contribution in [0.4, 0.5) is 0 Å². The van der Waals surface area contributed by atoms with Crippen LogP contribution < -0.4 is 14.8 Å². The highest BCUT2D eigenvalue weighted by molar-refractivity contribution is 5.76. The van der Waals surface area contributed by atoms with Gasteiger partial charge in [-0.05, 0) is 62.1 Å². The molecule has 134 valence electrons. The lowest BCUT2D eigenvalue weighted by Crippen LogP contribution is -2.27. The van der Waals surface area contributed by atoms with E-state index in [9.17, 15) is 4.79 Å². The van der Waals surface area contributed by atoms with Crippen molar-refractivity contribution in [3.8, 4) is 11.5 Å². The minimum atomic E-state index is -0.155. The number of methoxy groups -OCH3 is 2. The molecule has 25 heavy (non-hydrogen) atoms. The average Bonchev–Trinajstić information content (AvgIpc) is 2.62. The summed E-state index contributed by atoms with van der Waals surface area (Å²) < 4.78 is 10.7. The molecule has 0 saturated carbocycles. The number of carbonyl (C=O) groups excluding carboxylic acids is 1. The molecule has 0 aliphatic rings. The molecule has 1 atom stereocenters. The summed E-state index contributed by atoms with van der Waals surface area (Å²) in [6.45, 7) is 6.14. The van der Waals surface area contributed by atoms with Crippen molar-refractivity contribution in [1.29, 1.82) is 0 Å². The maximum Gasteiger partial charge on any atom is 0.220 e. The summed E-state index contributed by atoms with van der Waals surface area (Å²) in [4.78, 5) is 12.3. The molecule has 0 unspecified atom stereocenters. The second-order valence-corrected chi connectivity index (χ2v) is 6.32. The third-order valence-electron chi connectivity index (χ3n) is 4.49. The number of carbonyl (C=O) groups is 1. The maximum atomic E-state index is 12.3. The Morgan fingerprint density at radius 3 is 2.44 bits per heavy atom. The molecule has 0 radical (unpaired) electrons.